The molecule has 3 rings (SSSR count). The second-order valence-electron chi connectivity index (χ2n) is 8.10. The van der Waals surface area contributed by atoms with E-state index in [2.05, 4.69) is 46.4 Å². The van der Waals surface area contributed by atoms with Crippen LogP contribution in [-0.2, 0) is 14.6 Å². The van der Waals surface area contributed by atoms with Gasteiger partial charge < -0.3 is 10.2 Å². The maximum absolute atomic E-state index is 12.3. The van der Waals surface area contributed by atoms with Gasteiger partial charge in [0.1, 0.15) is 0 Å². The Kier molecular flexibility index (Phi) is 7.48. The Morgan fingerprint density at radius 1 is 1.14 bits per heavy atom. The van der Waals surface area contributed by atoms with Crippen LogP contribution in [0.25, 0.3) is 0 Å². The maximum Gasteiger partial charge on any atom is 0.221 e. The second kappa shape index (κ2) is 9.85. The molecule has 1 aliphatic heterocycles. The van der Waals surface area contributed by atoms with E-state index in [1.54, 1.807) is 0 Å². The summed E-state index contributed by atoms with van der Waals surface area (Å²) < 4.78 is 24.6. The molecule has 1 N–H and O–H groups in total. The van der Waals surface area contributed by atoms with Crippen LogP contribution >= 0.6 is 0 Å². The van der Waals surface area contributed by atoms with Crippen LogP contribution in [-0.4, -0.2) is 74.9 Å². The van der Waals surface area contributed by atoms with Crippen molar-refractivity contribution in [2.75, 3.05) is 45.5 Å². The Bertz CT molecular complexity index is 733. The van der Waals surface area contributed by atoms with Crippen LogP contribution in [0.4, 0.5) is 0 Å². The van der Waals surface area contributed by atoms with Crippen LogP contribution in [0, 0.1) is 0 Å². The first-order valence-corrected chi connectivity index (χ1v) is 12.1. The number of nitrogens with one attached hydrogen (secondary N) is 1. The molecular formula is C21H33N3O3S. The van der Waals surface area contributed by atoms with Gasteiger partial charge in [0.15, 0.2) is 9.84 Å². The predicted octanol–water partition coefficient (Wildman–Crippen LogP) is 1.84. The van der Waals surface area contributed by atoms with Gasteiger partial charge in [-0.2, -0.15) is 0 Å². The van der Waals surface area contributed by atoms with E-state index in [1.165, 1.54) is 5.56 Å². The zero-order valence-corrected chi connectivity index (χ0v) is 17.7. The van der Waals surface area contributed by atoms with Gasteiger partial charge in [-0.1, -0.05) is 43.2 Å². The fourth-order valence-corrected chi connectivity index (χ4v) is 6.15. The molecule has 156 valence electrons. The molecule has 28 heavy (non-hydrogen) atoms. The first-order chi connectivity index (χ1) is 13.5. The molecule has 1 aliphatic carbocycles. The molecule has 1 amide bonds. The normalized spacial score (nSPS) is 22.4. The summed E-state index contributed by atoms with van der Waals surface area (Å²) in [6.45, 7) is 4.26. The Morgan fingerprint density at radius 3 is 2.57 bits per heavy atom. The number of carbonyl (C=O) groups excluding carboxylic acids is 1. The van der Waals surface area contributed by atoms with E-state index in [-0.39, 0.29) is 23.3 Å². The molecule has 0 bridgehead atoms. The third-order valence-electron chi connectivity index (χ3n) is 6.02. The lowest BCUT2D eigenvalue weighted by atomic mass is 10.0. The second-order valence-corrected chi connectivity index (χ2v) is 10.5. The minimum Gasteiger partial charge on any atom is -0.355 e. The zero-order valence-electron chi connectivity index (χ0n) is 16.8. The van der Waals surface area contributed by atoms with Crippen molar-refractivity contribution in [3.8, 4) is 0 Å². The largest absolute Gasteiger partial charge is 0.355 e. The first-order valence-electron chi connectivity index (χ1n) is 10.4. The number of benzene rings is 1. The van der Waals surface area contributed by atoms with Crippen molar-refractivity contribution in [2.24, 2.45) is 0 Å². The van der Waals surface area contributed by atoms with E-state index < -0.39 is 9.84 Å². The Hall–Kier alpha value is -1.44. The van der Waals surface area contributed by atoms with Crippen LogP contribution < -0.4 is 5.32 Å². The summed E-state index contributed by atoms with van der Waals surface area (Å²) in [6, 6.07) is 10.8. The van der Waals surface area contributed by atoms with E-state index in [0.29, 0.717) is 12.6 Å². The zero-order chi connectivity index (χ0) is 20.0. The summed E-state index contributed by atoms with van der Waals surface area (Å²) in [5, 5.41) is 2.69. The van der Waals surface area contributed by atoms with Crippen LogP contribution in [0.5, 0.6) is 0 Å². The molecule has 7 heteroatoms. The summed E-state index contributed by atoms with van der Waals surface area (Å²) in [6.07, 6.45) is 3.57. The Labute approximate surface area is 169 Å². The van der Waals surface area contributed by atoms with Crippen LogP contribution in [0.2, 0.25) is 0 Å². The predicted molar refractivity (Wildman–Crippen MR) is 112 cm³/mol. The number of rotatable bonds is 8. The average Bonchev–Trinajstić information content (AvgIpc) is 3.24. The topological polar surface area (TPSA) is 69.7 Å². The van der Waals surface area contributed by atoms with Crippen LogP contribution in [0.3, 0.4) is 0 Å². The fraction of sp³-hybridized carbons (Fsp3) is 0.667. The van der Waals surface area contributed by atoms with Gasteiger partial charge in [-0.25, -0.2) is 8.42 Å². The molecule has 6 nitrogen and oxygen atoms in total. The number of piperazine rings is 1. The highest BCUT2D eigenvalue weighted by atomic mass is 32.2. The highest BCUT2D eigenvalue weighted by Gasteiger charge is 2.29. The number of carbonyl (C=O) groups is 1. The third kappa shape index (κ3) is 5.78. The molecule has 0 radical (unpaired) electrons. The molecule has 2 aliphatic rings. The van der Waals surface area contributed by atoms with Gasteiger partial charge in [0, 0.05) is 45.2 Å². The van der Waals surface area contributed by atoms with Crippen molar-refractivity contribution in [1.29, 1.82) is 0 Å². The van der Waals surface area contributed by atoms with Gasteiger partial charge in [0.25, 0.3) is 0 Å². The highest BCUT2D eigenvalue weighted by molar-refractivity contribution is 7.92. The lowest BCUT2D eigenvalue weighted by molar-refractivity contribution is -0.120. The summed E-state index contributed by atoms with van der Waals surface area (Å²) in [7, 11) is -0.990. The quantitative estimate of drug-likeness (QED) is 0.712. The standard InChI is InChI=1S/C21H33N3O3S/c1-23-14-15-24(20(17-23)18-7-3-2-4-8-18)13-12-22-21(25)11-16-28(26,27)19-9-5-6-10-19/h2-4,7-8,19-20H,5-6,9-17H2,1H3,(H,22,25)/t20-/m1/s1. The van der Waals surface area contributed by atoms with Crippen molar-refractivity contribution >= 4 is 15.7 Å². The van der Waals surface area contributed by atoms with Gasteiger partial charge in [0.05, 0.1) is 11.0 Å². The first kappa shape index (κ1) is 21.3. The molecule has 1 aromatic rings. The molecule has 1 heterocycles. The Morgan fingerprint density at radius 2 is 1.86 bits per heavy atom. The molecule has 1 saturated heterocycles. The summed E-state index contributed by atoms with van der Waals surface area (Å²) in [5.74, 6) is -0.183. The van der Waals surface area contributed by atoms with Crippen LogP contribution in [0.15, 0.2) is 30.3 Å². The molecule has 0 aromatic heterocycles. The highest BCUT2D eigenvalue weighted by Crippen LogP contribution is 2.26. The number of likely N-dealkylation sites (N-methyl/N-ethyl adjacent to an activating group) is 1. The molecule has 0 unspecified atom stereocenters. The SMILES string of the molecule is CN1CCN(CCNC(=O)CCS(=O)(=O)C2CCCC2)[C@@H](c2ccccc2)C1. The average molecular weight is 408 g/mol. The van der Waals surface area contributed by atoms with Crippen molar-refractivity contribution in [3.05, 3.63) is 35.9 Å². The summed E-state index contributed by atoms with van der Waals surface area (Å²) >= 11 is 0. The van der Waals surface area contributed by atoms with Gasteiger partial charge in [-0.3, -0.25) is 9.69 Å². The van der Waals surface area contributed by atoms with E-state index in [1.807, 2.05) is 6.07 Å². The molecule has 1 atom stereocenters. The number of hydrogen-bond donors (Lipinski definition) is 1. The minimum atomic E-state index is -3.13. The van der Waals surface area contributed by atoms with Crippen molar-refractivity contribution in [1.82, 2.24) is 15.1 Å². The van der Waals surface area contributed by atoms with E-state index in [4.69, 9.17) is 0 Å². The minimum absolute atomic E-state index is 0.0232. The number of hydrogen-bond acceptors (Lipinski definition) is 5. The summed E-state index contributed by atoms with van der Waals surface area (Å²) in [5.41, 5.74) is 1.29. The van der Waals surface area contributed by atoms with Crippen molar-refractivity contribution in [3.63, 3.8) is 0 Å². The molecule has 2 fully saturated rings. The molecule has 1 aromatic carbocycles. The lowest BCUT2D eigenvalue weighted by Gasteiger charge is -2.40. The number of nitrogens with zero attached hydrogens (tertiary/aromatic N) is 2. The van der Waals surface area contributed by atoms with Gasteiger partial charge in [-0.05, 0) is 25.5 Å². The van der Waals surface area contributed by atoms with Gasteiger partial charge in [0.2, 0.25) is 5.91 Å². The monoisotopic (exact) mass is 407 g/mol. The van der Waals surface area contributed by atoms with Gasteiger partial charge >= 0.3 is 0 Å². The van der Waals surface area contributed by atoms with Crippen LogP contribution in [0.1, 0.15) is 43.7 Å². The smallest absolute Gasteiger partial charge is 0.221 e. The number of amides is 1. The molecular weight excluding hydrogens is 374 g/mol. The summed E-state index contributed by atoms with van der Waals surface area (Å²) in [4.78, 5) is 16.9. The van der Waals surface area contributed by atoms with Gasteiger partial charge in [-0.15, -0.1) is 0 Å². The molecule has 1 saturated carbocycles. The van der Waals surface area contributed by atoms with E-state index in [0.717, 1.165) is 51.9 Å². The van der Waals surface area contributed by atoms with E-state index >= 15 is 0 Å². The fourth-order valence-electron chi connectivity index (χ4n) is 4.29. The van der Waals surface area contributed by atoms with E-state index in [9.17, 15) is 13.2 Å². The third-order valence-corrected chi connectivity index (χ3v) is 8.28. The number of sulfone groups is 1. The lowest BCUT2D eigenvalue weighted by Crippen LogP contribution is -2.49. The van der Waals surface area contributed by atoms with Crippen molar-refractivity contribution in [2.45, 2.75) is 43.4 Å². The molecule has 0 spiro atoms. The Balaban J connectivity index is 1.44. The van der Waals surface area contributed by atoms with Crippen molar-refractivity contribution < 1.29 is 13.2 Å². The maximum atomic E-state index is 12.3.